The molecule has 0 fully saturated rings. The van der Waals surface area contributed by atoms with Gasteiger partial charge >= 0.3 is 0 Å². The van der Waals surface area contributed by atoms with Gasteiger partial charge in [0.1, 0.15) is 0 Å². The highest BCUT2D eigenvalue weighted by atomic mass is 32.1. The Labute approximate surface area is 363 Å². The summed E-state index contributed by atoms with van der Waals surface area (Å²) in [5.74, 6) is 1.91. The van der Waals surface area contributed by atoms with Crippen LogP contribution in [0.2, 0.25) is 0 Å². The maximum Gasteiger partial charge on any atom is 0.164 e. The Bertz CT molecular complexity index is 3520. The second-order valence-electron chi connectivity index (χ2n) is 16.3. The van der Waals surface area contributed by atoms with E-state index >= 15 is 0 Å². The Morgan fingerprint density at radius 2 is 0.742 bits per heavy atom. The molecule has 2 aromatic heterocycles. The number of hydrogen-bond donors (Lipinski definition) is 0. The van der Waals surface area contributed by atoms with Gasteiger partial charge in [0.2, 0.25) is 0 Å². The van der Waals surface area contributed by atoms with Crippen molar-refractivity contribution in [3.8, 4) is 78.7 Å². The van der Waals surface area contributed by atoms with Crippen molar-refractivity contribution < 1.29 is 0 Å². The molecule has 0 radical (unpaired) electrons. The monoisotopic (exact) mass is 805 g/mol. The van der Waals surface area contributed by atoms with Gasteiger partial charge in [-0.05, 0) is 85.0 Å². The molecule has 0 saturated heterocycles. The minimum atomic E-state index is -0.469. The fraction of sp³-hybridized carbons (Fsp3) is 0.0172. The van der Waals surface area contributed by atoms with E-state index in [1.807, 2.05) is 17.4 Å². The van der Waals surface area contributed by atoms with Gasteiger partial charge in [-0.1, -0.05) is 194 Å². The van der Waals surface area contributed by atoms with Crippen LogP contribution in [0.1, 0.15) is 22.3 Å². The van der Waals surface area contributed by atoms with E-state index in [1.165, 1.54) is 75.8 Å². The number of nitrogens with zero attached hydrogens (tertiary/aromatic N) is 3. The molecule has 2 aliphatic rings. The SMILES string of the molecule is c1ccc(-c2ccc(-c3nc(-c4cccc(-c5cccc6c5sc5ccccc56)c4)nc(-c4ccc5c(c4)C4(c6ccccc6-c6ccccc64)c4ccccc4-5)n3)cc2)cc1. The third-order valence-electron chi connectivity index (χ3n) is 13.0. The van der Waals surface area contributed by atoms with Crippen molar-refractivity contribution in [2.75, 3.05) is 0 Å². The van der Waals surface area contributed by atoms with Gasteiger partial charge in [-0.3, -0.25) is 0 Å². The van der Waals surface area contributed by atoms with Crippen molar-refractivity contribution in [1.29, 1.82) is 0 Å². The van der Waals surface area contributed by atoms with Gasteiger partial charge in [0, 0.05) is 36.9 Å². The summed E-state index contributed by atoms with van der Waals surface area (Å²) < 4.78 is 2.57. The van der Waals surface area contributed by atoms with Gasteiger partial charge in [0.05, 0.1) is 5.41 Å². The lowest BCUT2D eigenvalue weighted by Crippen LogP contribution is -2.25. The first kappa shape index (κ1) is 35.0. The molecule has 0 bridgehead atoms. The largest absolute Gasteiger partial charge is 0.208 e. The predicted octanol–water partition coefficient (Wildman–Crippen LogP) is 14.9. The molecule has 0 unspecified atom stereocenters. The standard InChI is InChI=1S/C58H35N3S/c1-2-14-36(15-3-1)37-28-30-38(31-29-37)55-59-56(40-17-12-16-39(34-40)42-22-13-23-48-47-21-7-11-27-53(47)62-54(42)48)61-57(60-55)41-32-33-46-45-20-6-10-26-51(45)58(52(46)35-41)49-24-8-4-18-43(49)44-19-5-9-25-50(44)58/h1-35H. The Morgan fingerprint density at radius 3 is 1.44 bits per heavy atom. The molecule has 4 heteroatoms. The van der Waals surface area contributed by atoms with E-state index < -0.39 is 5.41 Å². The summed E-state index contributed by atoms with van der Waals surface area (Å²) in [5, 5.41) is 2.57. The molecule has 13 rings (SSSR count). The fourth-order valence-electron chi connectivity index (χ4n) is 10.2. The molecule has 0 amide bonds. The van der Waals surface area contributed by atoms with Crippen LogP contribution in [0.15, 0.2) is 212 Å². The lowest BCUT2D eigenvalue weighted by Gasteiger charge is -2.30. The highest BCUT2D eigenvalue weighted by Gasteiger charge is 2.51. The first-order valence-electron chi connectivity index (χ1n) is 21.1. The topological polar surface area (TPSA) is 38.7 Å². The Balaban J connectivity index is 1.01. The minimum absolute atomic E-state index is 0.469. The minimum Gasteiger partial charge on any atom is -0.208 e. The van der Waals surface area contributed by atoms with Crippen LogP contribution in [0, 0.1) is 0 Å². The summed E-state index contributed by atoms with van der Waals surface area (Å²) in [6, 6.07) is 76.7. The first-order chi connectivity index (χ1) is 30.7. The van der Waals surface area contributed by atoms with Crippen molar-refractivity contribution in [2.45, 2.75) is 5.41 Å². The second-order valence-corrected chi connectivity index (χ2v) is 17.3. The first-order valence-corrected chi connectivity index (χ1v) is 21.9. The third-order valence-corrected chi connectivity index (χ3v) is 14.2. The van der Waals surface area contributed by atoms with Crippen LogP contribution in [-0.4, -0.2) is 15.0 Å². The fourth-order valence-corrected chi connectivity index (χ4v) is 11.5. The zero-order valence-electron chi connectivity index (χ0n) is 33.5. The number of aromatic nitrogens is 3. The van der Waals surface area contributed by atoms with Gasteiger partial charge in [-0.15, -0.1) is 11.3 Å². The van der Waals surface area contributed by atoms with E-state index in [9.17, 15) is 0 Å². The molecule has 0 atom stereocenters. The molecule has 2 heterocycles. The highest BCUT2D eigenvalue weighted by molar-refractivity contribution is 7.26. The van der Waals surface area contributed by atoms with E-state index in [2.05, 4.69) is 206 Å². The number of benzene rings is 9. The Kier molecular flexibility index (Phi) is 7.69. The molecule has 11 aromatic rings. The van der Waals surface area contributed by atoms with Gasteiger partial charge in [-0.2, -0.15) is 0 Å². The molecule has 1 spiro atoms. The molecule has 9 aromatic carbocycles. The average Bonchev–Trinajstić information content (AvgIpc) is 3.98. The lowest BCUT2D eigenvalue weighted by atomic mass is 9.70. The third kappa shape index (κ3) is 5.14. The van der Waals surface area contributed by atoms with Crippen molar-refractivity contribution in [3.63, 3.8) is 0 Å². The second kappa shape index (κ2) is 13.6. The van der Waals surface area contributed by atoms with E-state index in [1.54, 1.807) is 0 Å². The van der Waals surface area contributed by atoms with Gasteiger partial charge in [0.25, 0.3) is 0 Å². The molecular weight excluding hydrogens is 771 g/mol. The molecule has 3 nitrogen and oxygen atoms in total. The van der Waals surface area contributed by atoms with Gasteiger partial charge in [-0.25, -0.2) is 15.0 Å². The van der Waals surface area contributed by atoms with E-state index in [0.717, 1.165) is 27.8 Å². The molecular formula is C58H35N3S. The van der Waals surface area contributed by atoms with Crippen LogP contribution in [0.25, 0.3) is 98.8 Å². The zero-order chi connectivity index (χ0) is 40.8. The highest BCUT2D eigenvalue weighted by Crippen LogP contribution is 2.63. The quantitative estimate of drug-likeness (QED) is 0.174. The van der Waals surface area contributed by atoms with Gasteiger partial charge < -0.3 is 0 Å². The van der Waals surface area contributed by atoms with E-state index in [0.29, 0.717) is 17.5 Å². The van der Waals surface area contributed by atoms with Gasteiger partial charge in [0.15, 0.2) is 17.5 Å². The molecule has 0 aliphatic heterocycles. The molecule has 288 valence electrons. The Morgan fingerprint density at radius 1 is 0.290 bits per heavy atom. The summed E-state index contributed by atoms with van der Waals surface area (Å²) in [6.07, 6.45) is 0. The Hall–Kier alpha value is -7.79. The molecule has 62 heavy (non-hydrogen) atoms. The number of fused-ring (bicyclic) bond motifs is 13. The van der Waals surface area contributed by atoms with Crippen LogP contribution in [0.4, 0.5) is 0 Å². The summed E-state index contributed by atoms with van der Waals surface area (Å²) in [6.45, 7) is 0. The van der Waals surface area contributed by atoms with Crippen molar-refractivity contribution in [1.82, 2.24) is 15.0 Å². The van der Waals surface area contributed by atoms with Crippen LogP contribution >= 0.6 is 11.3 Å². The van der Waals surface area contributed by atoms with Crippen molar-refractivity contribution in [3.05, 3.63) is 235 Å². The van der Waals surface area contributed by atoms with Crippen LogP contribution < -0.4 is 0 Å². The van der Waals surface area contributed by atoms with Crippen molar-refractivity contribution >= 4 is 31.5 Å². The van der Waals surface area contributed by atoms with Crippen LogP contribution in [-0.2, 0) is 5.41 Å². The van der Waals surface area contributed by atoms with Crippen LogP contribution in [0.3, 0.4) is 0 Å². The summed E-state index contributed by atoms with van der Waals surface area (Å²) >= 11 is 1.85. The number of hydrogen-bond acceptors (Lipinski definition) is 4. The maximum atomic E-state index is 5.36. The summed E-state index contributed by atoms with van der Waals surface area (Å²) in [5.41, 5.74) is 17.3. The van der Waals surface area contributed by atoms with Crippen LogP contribution in [0.5, 0.6) is 0 Å². The predicted molar refractivity (Wildman–Crippen MR) is 256 cm³/mol. The number of thiophene rings is 1. The van der Waals surface area contributed by atoms with E-state index in [4.69, 9.17) is 15.0 Å². The zero-order valence-corrected chi connectivity index (χ0v) is 34.3. The normalized spacial score (nSPS) is 13.0. The van der Waals surface area contributed by atoms with E-state index in [-0.39, 0.29) is 0 Å². The lowest BCUT2D eigenvalue weighted by molar-refractivity contribution is 0.794. The van der Waals surface area contributed by atoms with Crippen molar-refractivity contribution in [2.24, 2.45) is 0 Å². The summed E-state index contributed by atoms with van der Waals surface area (Å²) in [7, 11) is 0. The number of rotatable bonds is 5. The maximum absolute atomic E-state index is 5.36. The smallest absolute Gasteiger partial charge is 0.164 e. The molecule has 2 aliphatic carbocycles. The summed E-state index contributed by atoms with van der Waals surface area (Å²) in [4.78, 5) is 15.9. The average molecular weight is 806 g/mol. The molecule has 0 saturated carbocycles. The molecule has 0 N–H and O–H groups in total.